The van der Waals surface area contributed by atoms with Gasteiger partial charge in [0.1, 0.15) is 0 Å². The topological polar surface area (TPSA) is 69.6 Å². The van der Waals surface area contributed by atoms with Crippen LogP contribution in [0.1, 0.15) is 17.7 Å². The number of aryl methyl sites for hydroxylation is 2. The molecule has 2 N–H and O–H groups in total. The third-order valence-electron chi connectivity index (χ3n) is 2.32. The number of nitrogens with two attached hydrogens (primary N) is 1. The zero-order valence-electron chi connectivity index (χ0n) is 9.30. The molecular weight excluding hydrogens is 202 g/mol. The van der Waals surface area contributed by atoms with Crippen LogP contribution in [-0.4, -0.2) is 26.5 Å². The molecule has 0 amide bonds. The van der Waals surface area contributed by atoms with Gasteiger partial charge in [0.15, 0.2) is 5.82 Å². The number of hydrogen-bond acceptors (Lipinski definition) is 4. The second-order valence-corrected chi connectivity index (χ2v) is 3.72. The van der Waals surface area contributed by atoms with Gasteiger partial charge in [-0.15, -0.1) is 5.10 Å². The van der Waals surface area contributed by atoms with Crippen LogP contribution in [0.15, 0.2) is 24.5 Å². The third-order valence-corrected chi connectivity index (χ3v) is 2.32. The van der Waals surface area contributed by atoms with E-state index >= 15 is 0 Å². The van der Waals surface area contributed by atoms with Crippen LogP contribution in [0, 0.1) is 6.92 Å². The van der Waals surface area contributed by atoms with Gasteiger partial charge in [-0.25, -0.2) is 4.68 Å². The van der Waals surface area contributed by atoms with E-state index in [9.17, 15) is 0 Å². The molecule has 0 aliphatic rings. The van der Waals surface area contributed by atoms with Crippen LogP contribution in [0.25, 0.3) is 5.82 Å². The Morgan fingerprint density at radius 1 is 1.31 bits per heavy atom. The minimum Gasteiger partial charge on any atom is -0.330 e. The first-order chi connectivity index (χ1) is 7.79. The molecule has 0 radical (unpaired) electrons. The second kappa shape index (κ2) is 4.85. The van der Waals surface area contributed by atoms with Crippen molar-refractivity contribution in [2.75, 3.05) is 6.54 Å². The summed E-state index contributed by atoms with van der Waals surface area (Å²) in [6.07, 6.45) is 5.74. The highest BCUT2D eigenvalue weighted by molar-refractivity contribution is 5.21. The molecule has 0 fully saturated rings. The van der Waals surface area contributed by atoms with Crippen molar-refractivity contribution in [2.24, 2.45) is 5.73 Å². The van der Waals surface area contributed by atoms with Crippen LogP contribution < -0.4 is 5.73 Å². The van der Waals surface area contributed by atoms with E-state index in [1.54, 1.807) is 4.68 Å². The van der Waals surface area contributed by atoms with Gasteiger partial charge in [-0.2, -0.15) is 10.2 Å². The summed E-state index contributed by atoms with van der Waals surface area (Å²) in [4.78, 5) is 0. The van der Waals surface area contributed by atoms with Crippen LogP contribution in [0.5, 0.6) is 0 Å². The van der Waals surface area contributed by atoms with Crippen LogP contribution in [0.4, 0.5) is 0 Å². The zero-order valence-corrected chi connectivity index (χ0v) is 9.30. The van der Waals surface area contributed by atoms with Crippen LogP contribution in [0.3, 0.4) is 0 Å². The molecule has 2 heterocycles. The van der Waals surface area contributed by atoms with E-state index in [2.05, 4.69) is 15.3 Å². The fourth-order valence-electron chi connectivity index (χ4n) is 1.43. The van der Waals surface area contributed by atoms with Crippen molar-refractivity contribution in [3.05, 3.63) is 35.8 Å². The summed E-state index contributed by atoms with van der Waals surface area (Å²) in [6.45, 7) is 2.61. The molecule has 2 rings (SSSR count). The molecular formula is C11H15N5. The predicted molar refractivity (Wildman–Crippen MR) is 61.3 cm³/mol. The van der Waals surface area contributed by atoms with Crippen molar-refractivity contribution in [3.63, 3.8) is 0 Å². The molecule has 2 aromatic rings. The largest absolute Gasteiger partial charge is 0.330 e. The Labute approximate surface area is 94.3 Å². The maximum atomic E-state index is 5.46. The quantitative estimate of drug-likeness (QED) is 0.824. The van der Waals surface area contributed by atoms with Crippen LogP contribution >= 0.6 is 0 Å². The van der Waals surface area contributed by atoms with Gasteiger partial charge in [-0.05, 0) is 44.0 Å². The highest BCUT2D eigenvalue weighted by atomic mass is 15.3. The van der Waals surface area contributed by atoms with E-state index in [0.29, 0.717) is 6.54 Å². The second-order valence-electron chi connectivity index (χ2n) is 3.72. The van der Waals surface area contributed by atoms with E-state index in [-0.39, 0.29) is 0 Å². The number of nitrogens with zero attached hydrogens (tertiary/aromatic N) is 4. The van der Waals surface area contributed by atoms with Gasteiger partial charge in [-0.1, -0.05) is 0 Å². The molecule has 16 heavy (non-hydrogen) atoms. The SMILES string of the molecule is Cc1ccc(-n2cc(CCCN)cn2)nn1. The molecule has 0 spiro atoms. The Morgan fingerprint density at radius 2 is 2.19 bits per heavy atom. The number of hydrogen-bond donors (Lipinski definition) is 1. The molecule has 5 heteroatoms. The molecule has 0 saturated heterocycles. The summed E-state index contributed by atoms with van der Waals surface area (Å²) in [7, 11) is 0. The fraction of sp³-hybridized carbons (Fsp3) is 0.364. The van der Waals surface area contributed by atoms with Crippen molar-refractivity contribution in [3.8, 4) is 5.82 Å². The van der Waals surface area contributed by atoms with Gasteiger partial charge in [0.05, 0.1) is 11.9 Å². The minimum atomic E-state index is 0.704. The first-order valence-electron chi connectivity index (χ1n) is 5.34. The van der Waals surface area contributed by atoms with E-state index in [4.69, 9.17) is 5.73 Å². The Bertz CT molecular complexity index is 446. The summed E-state index contributed by atoms with van der Waals surface area (Å²) in [5.74, 6) is 0.740. The van der Waals surface area contributed by atoms with E-state index < -0.39 is 0 Å². The highest BCUT2D eigenvalue weighted by Gasteiger charge is 2.02. The Morgan fingerprint density at radius 3 is 2.88 bits per heavy atom. The molecule has 0 bridgehead atoms. The lowest BCUT2D eigenvalue weighted by Crippen LogP contribution is -2.01. The molecule has 5 nitrogen and oxygen atoms in total. The lowest BCUT2D eigenvalue weighted by atomic mass is 10.2. The highest BCUT2D eigenvalue weighted by Crippen LogP contribution is 2.06. The zero-order chi connectivity index (χ0) is 11.4. The number of aromatic nitrogens is 4. The first-order valence-corrected chi connectivity index (χ1v) is 5.34. The van der Waals surface area contributed by atoms with Crippen LogP contribution in [0.2, 0.25) is 0 Å². The first kappa shape index (κ1) is 10.8. The average molecular weight is 217 g/mol. The Kier molecular flexibility index (Phi) is 3.26. The Balaban J connectivity index is 2.15. The molecule has 0 unspecified atom stereocenters. The molecule has 0 atom stereocenters. The Hall–Kier alpha value is -1.75. The van der Waals surface area contributed by atoms with E-state index in [0.717, 1.165) is 24.4 Å². The van der Waals surface area contributed by atoms with Gasteiger partial charge < -0.3 is 5.73 Å². The lowest BCUT2D eigenvalue weighted by Gasteiger charge is -1.98. The fourth-order valence-corrected chi connectivity index (χ4v) is 1.43. The summed E-state index contributed by atoms with van der Waals surface area (Å²) in [5, 5.41) is 12.3. The van der Waals surface area contributed by atoms with Crippen molar-refractivity contribution < 1.29 is 0 Å². The smallest absolute Gasteiger partial charge is 0.175 e. The molecule has 0 aliphatic heterocycles. The van der Waals surface area contributed by atoms with Crippen molar-refractivity contribution >= 4 is 0 Å². The molecule has 2 aromatic heterocycles. The van der Waals surface area contributed by atoms with Gasteiger partial charge in [0, 0.05) is 6.20 Å². The summed E-state index contributed by atoms with van der Waals surface area (Å²) < 4.78 is 1.73. The van der Waals surface area contributed by atoms with E-state index in [1.807, 2.05) is 31.5 Å². The van der Waals surface area contributed by atoms with Gasteiger partial charge in [0.25, 0.3) is 0 Å². The standard InChI is InChI=1S/C11H15N5/c1-9-4-5-11(15-14-9)16-8-10(7-13-16)3-2-6-12/h4-5,7-8H,2-3,6,12H2,1H3. The maximum Gasteiger partial charge on any atom is 0.175 e. The lowest BCUT2D eigenvalue weighted by molar-refractivity contribution is 0.802. The monoisotopic (exact) mass is 217 g/mol. The third kappa shape index (κ3) is 2.43. The summed E-state index contributed by atoms with van der Waals surface area (Å²) in [5.41, 5.74) is 7.54. The minimum absolute atomic E-state index is 0.704. The van der Waals surface area contributed by atoms with E-state index in [1.165, 1.54) is 5.56 Å². The molecule has 0 aromatic carbocycles. The summed E-state index contributed by atoms with van der Waals surface area (Å²) >= 11 is 0. The predicted octanol–water partition coefficient (Wildman–Crippen LogP) is 0.862. The van der Waals surface area contributed by atoms with Crippen LogP contribution in [-0.2, 0) is 6.42 Å². The maximum absolute atomic E-state index is 5.46. The molecule has 84 valence electrons. The van der Waals surface area contributed by atoms with Crippen molar-refractivity contribution in [2.45, 2.75) is 19.8 Å². The normalized spacial score (nSPS) is 10.6. The number of rotatable bonds is 4. The average Bonchev–Trinajstić information content (AvgIpc) is 2.76. The van der Waals surface area contributed by atoms with Gasteiger partial charge in [-0.3, -0.25) is 0 Å². The van der Waals surface area contributed by atoms with Crippen molar-refractivity contribution in [1.29, 1.82) is 0 Å². The van der Waals surface area contributed by atoms with Gasteiger partial charge in [0.2, 0.25) is 0 Å². The summed E-state index contributed by atoms with van der Waals surface area (Å²) in [6, 6.07) is 3.83. The van der Waals surface area contributed by atoms with Crippen molar-refractivity contribution in [1.82, 2.24) is 20.0 Å². The van der Waals surface area contributed by atoms with Gasteiger partial charge >= 0.3 is 0 Å². The molecule has 0 saturated carbocycles. The molecule has 0 aliphatic carbocycles.